The maximum absolute atomic E-state index is 13.6. The van der Waals surface area contributed by atoms with Gasteiger partial charge >= 0.3 is 12.1 Å². The number of hydroxylamine groups is 2. The lowest BCUT2D eigenvalue weighted by Gasteiger charge is -2.35. The molecule has 0 spiro atoms. The molecule has 42 heavy (non-hydrogen) atoms. The lowest BCUT2D eigenvalue weighted by Crippen LogP contribution is -2.55. The summed E-state index contributed by atoms with van der Waals surface area (Å²) in [6.45, 7) is 2.62. The highest BCUT2D eigenvalue weighted by molar-refractivity contribution is 5.97. The van der Waals surface area contributed by atoms with Crippen LogP contribution >= 0.6 is 0 Å². The molecule has 12 heteroatoms. The average molecular weight is 579 g/mol. The van der Waals surface area contributed by atoms with Crippen molar-refractivity contribution >= 4 is 23.9 Å². The molecule has 1 saturated heterocycles. The van der Waals surface area contributed by atoms with E-state index in [0.717, 1.165) is 5.56 Å². The summed E-state index contributed by atoms with van der Waals surface area (Å²) in [5.41, 5.74) is 2.52. The Morgan fingerprint density at radius 1 is 0.952 bits per heavy atom. The van der Waals surface area contributed by atoms with Gasteiger partial charge in [-0.15, -0.1) is 5.06 Å². The van der Waals surface area contributed by atoms with Gasteiger partial charge in [0.15, 0.2) is 0 Å². The number of benzene rings is 2. The first kappa shape index (κ1) is 30.1. The number of carbonyl (C=O) groups excluding carboxylic acids is 3. The van der Waals surface area contributed by atoms with E-state index in [-0.39, 0.29) is 51.3 Å². The van der Waals surface area contributed by atoms with Crippen molar-refractivity contribution in [2.45, 2.75) is 25.8 Å². The van der Waals surface area contributed by atoms with E-state index in [1.54, 1.807) is 31.2 Å². The maximum Gasteiger partial charge on any atom is 0.527 e. The fraction of sp³-hybridized carbons (Fsp3) is 0.300. The van der Waals surface area contributed by atoms with E-state index in [4.69, 9.17) is 9.57 Å². The molecule has 2 amide bonds. The molecular formula is C30H31FN4O7. The van der Waals surface area contributed by atoms with Crippen LogP contribution in [-0.4, -0.2) is 82.8 Å². The summed E-state index contributed by atoms with van der Waals surface area (Å²) in [4.78, 5) is 60.9. The number of pyridine rings is 1. The van der Waals surface area contributed by atoms with Crippen molar-refractivity contribution in [3.63, 3.8) is 0 Å². The van der Waals surface area contributed by atoms with Crippen molar-refractivity contribution in [2.24, 2.45) is 0 Å². The number of piperazine rings is 1. The van der Waals surface area contributed by atoms with Gasteiger partial charge in [0, 0.05) is 25.1 Å². The zero-order valence-electron chi connectivity index (χ0n) is 23.0. The Morgan fingerprint density at radius 3 is 2.29 bits per heavy atom. The molecule has 2 N–H and O–H groups in total. The van der Waals surface area contributed by atoms with Crippen LogP contribution in [0.3, 0.4) is 0 Å². The van der Waals surface area contributed by atoms with E-state index in [0.29, 0.717) is 16.8 Å². The van der Waals surface area contributed by atoms with Crippen LogP contribution in [0.15, 0.2) is 66.7 Å². The second-order valence-electron chi connectivity index (χ2n) is 9.49. The highest BCUT2D eigenvalue weighted by atomic mass is 19.1. The molecule has 1 aliphatic heterocycles. The molecule has 1 aromatic heterocycles. The topological polar surface area (TPSA) is 138 Å². The summed E-state index contributed by atoms with van der Waals surface area (Å²) in [6.07, 6.45) is -1.32. The van der Waals surface area contributed by atoms with Gasteiger partial charge in [-0.2, -0.15) is 0 Å². The summed E-state index contributed by atoms with van der Waals surface area (Å²) in [5, 5.41) is 13.3. The number of carboxylic acids is 1. The molecule has 3 aromatic rings. The van der Waals surface area contributed by atoms with Crippen LogP contribution in [0.5, 0.6) is 0 Å². The fourth-order valence-corrected chi connectivity index (χ4v) is 4.44. The van der Waals surface area contributed by atoms with E-state index in [1.165, 1.54) is 22.1 Å². The molecule has 0 saturated carbocycles. The quantitative estimate of drug-likeness (QED) is 0.345. The monoisotopic (exact) mass is 578 g/mol. The number of hydrogen-bond acceptors (Lipinski definition) is 8. The molecule has 1 fully saturated rings. The zero-order valence-corrected chi connectivity index (χ0v) is 23.0. The van der Waals surface area contributed by atoms with Gasteiger partial charge in [0.1, 0.15) is 17.6 Å². The van der Waals surface area contributed by atoms with Crippen molar-refractivity contribution in [3.8, 4) is 22.4 Å². The summed E-state index contributed by atoms with van der Waals surface area (Å²) in [7, 11) is 0. The van der Waals surface area contributed by atoms with E-state index >= 15 is 0 Å². The van der Waals surface area contributed by atoms with Crippen molar-refractivity contribution in [2.75, 3.05) is 32.8 Å². The molecule has 1 atom stereocenters. The number of carboxylic acid groups (broad SMARTS) is 1. The van der Waals surface area contributed by atoms with E-state index in [1.807, 2.05) is 30.3 Å². The number of amides is 2. The third-order valence-corrected chi connectivity index (χ3v) is 6.57. The number of rotatable bonds is 10. The van der Waals surface area contributed by atoms with Gasteiger partial charge in [-0.3, -0.25) is 14.4 Å². The molecule has 220 valence electrons. The van der Waals surface area contributed by atoms with Crippen molar-refractivity contribution in [1.82, 2.24) is 20.3 Å². The first-order valence-corrected chi connectivity index (χ1v) is 13.5. The van der Waals surface area contributed by atoms with Gasteiger partial charge in [-0.05, 0) is 60.9 Å². The van der Waals surface area contributed by atoms with Crippen LogP contribution in [0.2, 0.25) is 0 Å². The van der Waals surface area contributed by atoms with Crippen LogP contribution in [0.4, 0.5) is 9.18 Å². The predicted octanol–water partition coefficient (Wildman–Crippen LogP) is 3.75. The number of aromatic nitrogens is 1. The first-order chi connectivity index (χ1) is 20.2. The van der Waals surface area contributed by atoms with Crippen LogP contribution in [-0.2, 0) is 19.2 Å². The molecule has 4 rings (SSSR count). The van der Waals surface area contributed by atoms with Crippen LogP contribution in [0, 0.1) is 5.82 Å². The molecule has 0 radical (unpaired) electrons. The van der Waals surface area contributed by atoms with E-state index in [9.17, 15) is 28.7 Å². The third-order valence-electron chi connectivity index (χ3n) is 6.57. The molecular weight excluding hydrogens is 547 g/mol. The molecule has 11 nitrogen and oxygen atoms in total. The normalized spacial score (nSPS) is 14.1. The Balaban J connectivity index is 1.55. The maximum atomic E-state index is 13.6. The van der Waals surface area contributed by atoms with Gasteiger partial charge in [0.2, 0.25) is 5.91 Å². The molecule has 0 aliphatic carbocycles. The van der Waals surface area contributed by atoms with Crippen molar-refractivity contribution < 1.29 is 38.2 Å². The Bertz CT molecular complexity index is 1410. The second kappa shape index (κ2) is 14.2. The number of nitrogens with zero attached hydrogens (tertiary/aromatic N) is 3. The Labute approximate surface area is 241 Å². The van der Waals surface area contributed by atoms with Crippen LogP contribution in [0.1, 0.15) is 30.3 Å². The van der Waals surface area contributed by atoms with Gasteiger partial charge < -0.3 is 24.9 Å². The highest BCUT2D eigenvalue weighted by Crippen LogP contribution is 2.26. The summed E-state index contributed by atoms with van der Waals surface area (Å²) in [5.74, 6) is -2.65. The van der Waals surface area contributed by atoms with Gasteiger partial charge in [0.25, 0.3) is 5.91 Å². The number of ether oxygens (including phenoxy) is 1. The van der Waals surface area contributed by atoms with Crippen LogP contribution in [0.25, 0.3) is 22.4 Å². The van der Waals surface area contributed by atoms with Crippen LogP contribution < -0.4 is 5.32 Å². The molecule has 1 aliphatic rings. The smallest absolute Gasteiger partial charge is 0.481 e. The highest BCUT2D eigenvalue weighted by Gasteiger charge is 2.31. The lowest BCUT2D eigenvalue weighted by atomic mass is 10.0. The van der Waals surface area contributed by atoms with Gasteiger partial charge in [-0.1, -0.05) is 30.3 Å². The standard InChI is InChI=1S/C30H31FN4O7/c1-2-41-30(40)42-35-16-14-34(15-17-35)29(39)24(12-13-27(36)37)33-28(38)26-19-22(20-6-4-3-5-7-20)18-25(32-26)21-8-10-23(31)11-9-21/h3-11,18-19,24H,2,12-17H2,1H3,(H,33,38)(H,36,37)/t24-/m0/s1. The number of hydrogen-bond donors (Lipinski definition) is 2. The van der Waals surface area contributed by atoms with Crippen molar-refractivity contribution in [3.05, 3.63) is 78.2 Å². The van der Waals surface area contributed by atoms with E-state index in [2.05, 4.69) is 10.3 Å². The van der Waals surface area contributed by atoms with Gasteiger partial charge in [-0.25, -0.2) is 14.2 Å². The van der Waals surface area contributed by atoms with Gasteiger partial charge in [0.05, 0.1) is 25.4 Å². The SMILES string of the molecule is CCOC(=O)ON1CCN(C(=O)[C@H](CCC(=O)O)NC(=O)c2cc(-c3ccccc3)cc(-c3ccc(F)cc3)n2)CC1. The first-order valence-electron chi connectivity index (χ1n) is 13.5. The van der Waals surface area contributed by atoms with Crippen molar-refractivity contribution in [1.29, 1.82) is 0 Å². The molecule has 0 unspecified atom stereocenters. The molecule has 0 bridgehead atoms. The largest absolute Gasteiger partial charge is 0.527 e. The Hall–Kier alpha value is -4.84. The average Bonchev–Trinajstić information content (AvgIpc) is 2.99. The number of aliphatic carboxylic acids is 1. The number of nitrogens with one attached hydrogen (secondary N) is 1. The Morgan fingerprint density at radius 2 is 1.64 bits per heavy atom. The zero-order chi connectivity index (χ0) is 30.1. The third kappa shape index (κ3) is 8.10. The minimum absolute atomic E-state index is 0.0106. The molecule has 2 aromatic carbocycles. The number of carbonyl (C=O) groups is 4. The lowest BCUT2D eigenvalue weighted by molar-refractivity contribution is -0.157. The minimum atomic E-state index is -1.14. The Kier molecular flexibility index (Phi) is 10.2. The summed E-state index contributed by atoms with van der Waals surface area (Å²) < 4.78 is 18.3. The fourth-order valence-electron chi connectivity index (χ4n) is 4.44. The van der Waals surface area contributed by atoms with E-state index < -0.39 is 35.8 Å². The predicted molar refractivity (Wildman–Crippen MR) is 149 cm³/mol. The summed E-state index contributed by atoms with van der Waals surface area (Å²) in [6, 6.07) is 17.2. The summed E-state index contributed by atoms with van der Waals surface area (Å²) >= 11 is 0. The second-order valence-corrected chi connectivity index (χ2v) is 9.49. The minimum Gasteiger partial charge on any atom is -0.481 e. The molecule has 2 heterocycles. The number of halogens is 1.